The number of anilines is 1. The van der Waals surface area contributed by atoms with Crippen LogP contribution in [0, 0.1) is 0 Å². The molecule has 30 heavy (non-hydrogen) atoms. The van der Waals surface area contributed by atoms with E-state index in [2.05, 4.69) is 14.9 Å². The van der Waals surface area contributed by atoms with Gasteiger partial charge in [0.1, 0.15) is 5.75 Å². The van der Waals surface area contributed by atoms with Crippen molar-refractivity contribution in [3.63, 3.8) is 0 Å². The number of carbonyl (C=O) groups is 2. The van der Waals surface area contributed by atoms with Crippen LogP contribution in [0.15, 0.2) is 47.2 Å². The SMILES string of the molecule is COc1ccccc1N(C(=O)c1csnn1)[C@H](C(=O)NC1CCCC1)c1cccs1. The Morgan fingerprint density at radius 3 is 2.67 bits per heavy atom. The minimum absolute atomic E-state index is 0.135. The van der Waals surface area contributed by atoms with Crippen molar-refractivity contribution in [3.05, 3.63) is 57.7 Å². The maximum Gasteiger partial charge on any atom is 0.280 e. The third-order valence-electron chi connectivity index (χ3n) is 5.16. The molecule has 0 aliphatic heterocycles. The number of methoxy groups -OCH3 is 1. The quantitative estimate of drug-likeness (QED) is 0.597. The summed E-state index contributed by atoms with van der Waals surface area (Å²) in [7, 11) is 1.55. The molecule has 1 N–H and O–H groups in total. The highest BCUT2D eigenvalue weighted by Crippen LogP contribution is 2.37. The molecule has 156 valence electrons. The molecule has 4 rings (SSSR count). The lowest BCUT2D eigenvalue weighted by Crippen LogP contribution is -2.46. The lowest BCUT2D eigenvalue weighted by molar-refractivity contribution is -0.123. The van der Waals surface area contributed by atoms with Crippen LogP contribution in [0.5, 0.6) is 5.75 Å². The Balaban J connectivity index is 1.80. The monoisotopic (exact) mass is 442 g/mol. The van der Waals surface area contributed by atoms with E-state index in [9.17, 15) is 9.59 Å². The van der Waals surface area contributed by atoms with Crippen molar-refractivity contribution < 1.29 is 14.3 Å². The highest BCUT2D eigenvalue weighted by atomic mass is 32.1. The molecule has 0 bridgehead atoms. The summed E-state index contributed by atoms with van der Waals surface area (Å²) in [5.41, 5.74) is 0.708. The zero-order valence-electron chi connectivity index (χ0n) is 16.5. The number of carbonyl (C=O) groups excluding carboxylic acids is 2. The van der Waals surface area contributed by atoms with E-state index in [4.69, 9.17) is 4.74 Å². The number of ether oxygens (including phenoxy) is 1. The molecule has 9 heteroatoms. The number of hydrogen-bond donors (Lipinski definition) is 1. The van der Waals surface area contributed by atoms with Crippen LogP contribution in [0.3, 0.4) is 0 Å². The Bertz CT molecular complexity index is 986. The number of benzene rings is 1. The largest absolute Gasteiger partial charge is 0.495 e. The number of rotatable bonds is 7. The van der Waals surface area contributed by atoms with Gasteiger partial charge in [-0.2, -0.15) is 0 Å². The van der Waals surface area contributed by atoms with Crippen LogP contribution in [0.1, 0.15) is 47.1 Å². The molecule has 7 nitrogen and oxygen atoms in total. The van der Waals surface area contributed by atoms with Crippen LogP contribution in [-0.2, 0) is 4.79 Å². The van der Waals surface area contributed by atoms with Gasteiger partial charge in [0.2, 0.25) is 5.91 Å². The number of nitrogens with zero attached hydrogens (tertiary/aromatic N) is 3. The summed E-state index contributed by atoms with van der Waals surface area (Å²) in [4.78, 5) is 29.3. The molecule has 1 atom stereocenters. The Morgan fingerprint density at radius 1 is 1.20 bits per heavy atom. The van der Waals surface area contributed by atoms with Gasteiger partial charge in [0.25, 0.3) is 5.91 Å². The minimum Gasteiger partial charge on any atom is -0.495 e. The Morgan fingerprint density at radius 2 is 2.00 bits per heavy atom. The summed E-state index contributed by atoms with van der Waals surface area (Å²) in [5, 5.41) is 10.6. The first-order valence-corrected chi connectivity index (χ1v) is 11.5. The molecule has 1 aliphatic rings. The van der Waals surface area contributed by atoms with Crippen molar-refractivity contribution in [2.75, 3.05) is 12.0 Å². The van der Waals surface area contributed by atoms with E-state index < -0.39 is 11.9 Å². The van der Waals surface area contributed by atoms with E-state index in [1.807, 2.05) is 29.6 Å². The van der Waals surface area contributed by atoms with E-state index in [1.165, 1.54) is 16.2 Å². The Labute approximate surface area is 182 Å². The lowest BCUT2D eigenvalue weighted by Gasteiger charge is -2.31. The number of aromatic nitrogens is 2. The molecule has 1 aliphatic carbocycles. The molecule has 0 radical (unpaired) electrons. The van der Waals surface area contributed by atoms with Crippen molar-refractivity contribution in [1.82, 2.24) is 14.9 Å². The molecule has 0 spiro atoms. The van der Waals surface area contributed by atoms with Gasteiger partial charge in [0, 0.05) is 16.3 Å². The third kappa shape index (κ3) is 4.22. The summed E-state index contributed by atoms with van der Waals surface area (Å²) in [6, 6.07) is 10.2. The number of hydrogen-bond acceptors (Lipinski definition) is 7. The molecular formula is C21H22N4O3S2. The van der Waals surface area contributed by atoms with Crippen molar-refractivity contribution >= 4 is 40.4 Å². The van der Waals surface area contributed by atoms with Gasteiger partial charge >= 0.3 is 0 Å². The Kier molecular flexibility index (Phi) is 6.39. The van der Waals surface area contributed by atoms with Crippen LogP contribution in [-0.4, -0.2) is 34.6 Å². The molecule has 1 aromatic carbocycles. The molecule has 1 saturated carbocycles. The fourth-order valence-electron chi connectivity index (χ4n) is 3.75. The smallest absolute Gasteiger partial charge is 0.280 e. The number of thiophene rings is 1. The minimum atomic E-state index is -0.837. The van der Waals surface area contributed by atoms with E-state index in [0.717, 1.165) is 42.1 Å². The average Bonchev–Trinajstić information content (AvgIpc) is 3.55. The topological polar surface area (TPSA) is 84.4 Å². The average molecular weight is 443 g/mol. The third-order valence-corrected chi connectivity index (χ3v) is 6.59. The summed E-state index contributed by atoms with van der Waals surface area (Å²) >= 11 is 2.54. The molecule has 1 fully saturated rings. The van der Waals surface area contributed by atoms with Gasteiger partial charge in [-0.05, 0) is 48.0 Å². The van der Waals surface area contributed by atoms with Gasteiger partial charge in [-0.15, -0.1) is 16.4 Å². The van der Waals surface area contributed by atoms with Crippen molar-refractivity contribution in [2.45, 2.75) is 37.8 Å². The zero-order valence-corrected chi connectivity index (χ0v) is 18.1. The van der Waals surface area contributed by atoms with E-state index in [1.54, 1.807) is 24.6 Å². The van der Waals surface area contributed by atoms with Gasteiger partial charge in [0.15, 0.2) is 11.7 Å². The first-order valence-electron chi connectivity index (χ1n) is 9.76. The van der Waals surface area contributed by atoms with Gasteiger partial charge in [-0.3, -0.25) is 14.5 Å². The lowest BCUT2D eigenvalue weighted by atomic mass is 10.1. The van der Waals surface area contributed by atoms with Crippen molar-refractivity contribution in [3.8, 4) is 5.75 Å². The number of amides is 2. The summed E-state index contributed by atoms with van der Waals surface area (Å²) in [6.07, 6.45) is 4.13. The summed E-state index contributed by atoms with van der Waals surface area (Å²) < 4.78 is 9.35. The molecule has 3 aromatic rings. The predicted molar refractivity (Wildman–Crippen MR) is 117 cm³/mol. The molecule has 2 aromatic heterocycles. The zero-order chi connectivity index (χ0) is 20.9. The van der Waals surface area contributed by atoms with Crippen LogP contribution in [0.4, 0.5) is 5.69 Å². The van der Waals surface area contributed by atoms with Crippen LogP contribution < -0.4 is 15.0 Å². The number of para-hydroxylation sites is 2. The molecule has 2 amide bonds. The second kappa shape index (κ2) is 9.36. The fourth-order valence-corrected chi connectivity index (χ4v) is 4.99. The normalized spacial score (nSPS) is 15.0. The molecular weight excluding hydrogens is 420 g/mol. The highest BCUT2D eigenvalue weighted by Gasteiger charge is 2.37. The van der Waals surface area contributed by atoms with Crippen LogP contribution in [0.2, 0.25) is 0 Å². The van der Waals surface area contributed by atoms with E-state index >= 15 is 0 Å². The maximum absolute atomic E-state index is 13.6. The second-order valence-corrected chi connectivity index (χ2v) is 8.63. The van der Waals surface area contributed by atoms with Crippen molar-refractivity contribution in [1.29, 1.82) is 0 Å². The standard InChI is InChI=1S/C21H22N4O3S2/c1-28-17-10-5-4-9-16(17)25(21(27)15-13-30-24-23-15)19(18-11-6-12-29-18)20(26)22-14-7-2-3-8-14/h4-6,9-14,19H,2-3,7-8H2,1H3,(H,22,26)/t19-/m0/s1. The van der Waals surface area contributed by atoms with Gasteiger partial charge in [0.05, 0.1) is 12.8 Å². The summed E-state index contributed by atoms with van der Waals surface area (Å²) in [5.74, 6) is -0.0933. The van der Waals surface area contributed by atoms with Gasteiger partial charge in [-0.1, -0.05) is 35.5 Å². The molecule has 0 unspecified atom stereocenters. The number of nitrogens with one attached hydrogen (secondary N) is 1. The highest BCUT2D eigenvalue weighted by molar-refractivity contribution is 7.10. The summed E-state index contributed by atoms with van der Waals surface area (Å²) in [6.45, 7) is 0. The predicted octanol–water partition coefficient (Wildman–Crippen LogP) is 4.06. The van der Waals surface area contributed by atoms with E-state index in [-0.39, 0.29) is 17.6 Å². The van der Waals surface area contributed by atoms with E-state index in [0.29, 0.717) is 11.4 Å². The molecule has 2 heterocycles. The van der Waals surface area contributed by atoms with Gasteiger partial charge < -0.3 is 10.1 Å². The van der Waals surface area contributed by atoms with Crippen molar-refractivity contribution in [2.24, 2.45) is 0 Å². The fraction of sp³-hybridized carbons (Fsp3) is 0.333. The first kappa shape index (κ1) is 20.5. The van der Waals surface area contributed by atoms with Crippen LogP contribution >= 0.6 is 22.9 Å². The first-order chi connectivity index (χ1) is 14.7. The van der Waals surface area contributed by atoms with Crippen LogP contribution in [0.25, 0.3) is 0 Å². The second-order valence-electron chi connectivity index (χ2n) is 7.05. The maximum atomic E-state index is 13.6. The Hall–Kier alpha value is -2.78. The van der Waals surface area contributed by atoms with Gasteiger partial charge in [-0.25, -0.2) is 0 Å². The molecule has 0 saturated heterocycles.